The minimum absolute atomic E-state index is 0.132. The van der Waals surface area contributed by atoms with Gasteiger partial charge >= 0.3 is 0 Å². The third kappa shape index (κ3) is 2.39. The standard InChI is InChI=1S/C14H21N3O2/c1-8-13(19-7-16-8)14(18)17-12-9-3-2-4-10(12)6-11(15)5-9/h7,9-12H,2-6,15H2,1H3,(H,17,18). The molecule has 2 fully saturated rings. The summed E-state index contributed by atoms with van der Waals surface area (Å²) in [5, 5.41) is 3.16. The number of carbonyl (C=O) groups excluding carboxylic acids is 1. The van der Waals surface area contributed by atoms with Gasteiger partial charge in [-0.05, 0) is 44.4 Å². The van der Waals surface area contributed by atoms with Crippen LogP contribution in [0.4, 0.5) is 0 Å². The van der Waals surface area contributed by atoms with Crippen molar-refractivity contribution < 1.29 is 9.21 Å². The number of oxazole rings is 1. The van der Waals surface area contributed by atoms with Crippen molar-refractivity contribution in [2.45, 2.75) is 51.1 Å². The molecule has 104 valence electrons. The first kappa shape index (κ1) is 12.7. The van der Waals surface area contributed by atoms with Crippen molar-refractivity contribution >= 4 is 5.91 Å². The second kappa shape index (κ2) is 4.96. The number of nitrogens with two attached hydrogens (primary N) is 1. The van der Waals surface area contributed by atoms with E-state index in [0.717, 1.165) is 12.8 Å². The minimum atomic E-state index is -0.132. The van der Waals surface area contributed by atoms with Crippen LogP contribution in [0.1, 0.15) is 48.4 Å². The van der Waals surface area contributed by atoms with Gasteiger partial charge in [0, 0.05) is 12.1 Å². The largest absolute Gasteiger partial charge is 0.438 e. The van der Waals surface area contributed by atoms with Crippen molar-refractivity contribution in [3.8, 4) is 0 Å². The van der Waals surface area contributed by atoms with Crippen LogP contribution in [0.2, 0.25) is 0 Å². The van der Waals surface area contributed by atoms with Crippen LogP contribution in [0.3, 0.4) is 0 Å². The Morgan fingerprint density at radius 1 is 1.42 bits per heavy atom. The van der Waals surface area contributed by atoms with E-state index in [9.17, 15) is 4.79 Å². The summed E-state index contributed by atoms with van der Waals surface area (Å²) in [6.45, 7) is 1.79. The third-order valence-corrected chi connectivity index (χ3v) is 4.63. The van der Waals surface area contributed by atoms with Gasteiger partial charge in [-0.1, -0.05) is 6.42 Å². The number of hydrogen-bond acceptors (Lipinski definition) is 4. The van der Waals surface area contributed by atoms with Crippen molar-refractivity contribution in [3.05, 3.63) is 17.8 Å². The van der Waals surface area contributed by atoms with E-state index < -0.39 is 0 Å². The summed E-state index contributed by atoms with van der Waals surface area (Å²) in [4.78, 5) is 16.2. The SMILES string of the molecule is Cc1ncoc1C(=O)NC1C2CCCC1CC(N)C2. The third-order valence-electron chi connectivity index (χ3n) is 4.63. The van der Waals surface area contributed by atoms with Gasteiger partial charge in [0.2, 0.25) is 5.76 Å². The number of fused-ring (bicyclic) bond motifs is 2. The number of carbonyl (C=O) groups is 1. The first-order chi connectivity index (χ1) is 9.15. The fraction of sp³-hybridized carbons (Fsp3) is 0.714. The maximum absolute atomic E-state index is 12.2. The molecule has 1 amide bonds. The summed E-state index contributed by atoms with van der Waals surface area (Å²) in [6.07, 6.45) is 6.97. The van der Waals surface area contributed by atoms with Crippen LogP contribution in [0.5, 0.6) is 0 Å². The van der Waals surface area contributed by atoms with E-state index in [-0.39, 0.29) is 11.9 Å². The van der Waals surface area contributed by atoms with Crippen LogP contribution < -0.4 is 11.1 Å². The van der Waals surface area contributed by atoms with Gasteiger partial charge in [0.1, 0.15) is 0 Å². The number of aromatic nitrogens is 1. The second-order valence-corrected chi connectivity index (χ2v) is 5.95. The Hall–Kier alpha value is -1.36. The fourth-order valence-corrected chi connectivity index (χ4v) is 3.76. The normalized spacial score (nSPS) is 34.0. The highest BCUT2D eigenvalue weighted by Gasteiger charge is 2.40. The molecule has 2 atom stereocenters. The Bertz CT molecular complexity index is 457. The number of nitrogens with one attached hydrogen (secondary N) is 1. The summed E-state index contributed by atoms with van der Waals surface area (Å²) in [5.74, 6) is 1.25. The van der Waals surface area contributed by atoms with Crippen molar-refractivity contribution in [3.63, 3.8) is 0 Å². The molecule has 0 spiro atoms. The average Bonchev–Trinajstić information content (AvgIpc) is 2.76. The smallest absolute Gasteiger partial charge is 0.289 e. The molecule has 0 aromatic carbocycles. The first-order valence-corrected chi connectivity index (χ1v) is 7.11. The van der Waals surface area contributed by atoms with E-state index >= 15 is 0 Å². The Morgan fingerprint density at radius 3 is 2.68 bits per heavy atom. The Morgan fingerprint density at radius 2 is 2.11 bits per heavy atom. The van der Waals surface area contributed by atoms with E-state index in [0.29, 0.717) is 29.3 Å². The second-order valence-electron chi connectivity index (χ2n) is 5.95. The number of nitrogens with zero attached hydrogens (tertiary/aromatic N) is 1. The molecule has 3 N–H and O–H groups in total. The van der Waals surface area contributed by atoms with Gasteiger partial charge in [0.25, 0.3) is 5.91 Å². The average molecular weight is 263 g/mol. The number of rotatable bonds is 2. The minimum Gasteiger partial charge on any atom is -0.438 e. The highest BCUT2D eigenvalue weighted by molar-refractivity contribution is 5.92. The lowest BCUT2D eigenvalue weighted by atomic mass is 9.67. The maximum Gasteiger partial charge on any atom is 0.289 e. The molecular weight excluding hydrogens is 242 g/mol. The zero-order valence-corrected chi connectivity index (χ0v) is 11.3. The van der Waals surface area contributed by atoms with E-state index in [1.807, 2.05) is 0 Å². The number of amides is 1. The van der Waals surface area contributed by atoms with Crippen LogP contribution in [0.25, 0.3) is 0 Å². The molecule has 2 bridgehead atoms. The van der Waals surface area contributed by atoms with Crippen molar-refractivity contribution in [2.75, 3.05) is 0 Å². The Kier molecular flexibility index (Phi) is 3.31. The lowest BCUT2D eigenvalue weighted by molar-refractivity contribution is 0.0731. The van der Waals surface area contributed by atoms with Crippen molar-refractivity contribution in [1.29, 1.82) is 0 Å². The van der Waals surface area contributed by atoms with Gasteiger partial charge < -0.3 is 15.5 Å². The van der Waals surface area contributed by atoms with Crippen molar-refractivity contribution in [2.24, 2.45) is 17.6 Å². The van der Waals surface area contributed by atoms with Crippen LogP contribution in [0.15, 0.2) is 10.8 Å². The summed E-state index contributed by atoms with van der Waals surface area (Å²) >= 11 is 0. The van der Waals surface area contributed by atoms with Gasteiger partial charge in [0.05, 0.1) is 5.69 Å². The van der Waals surface area contributed by atoms with Crippen molar-refractivity contribution in [1.82, 2.24) is 10.3 Å². The Labute approximate surface area is 112 Å². The molecular formula is C14H21N3O2. The lowest BCUT2D eigenvalue weighted by Crippen LogP contribution is -2.53. The summed E-state index contributed by atoms with van der Waals surface area (Å²) in [6, 6.07) is 0.556. The predicted molar refractivity (Wildman–Crippen MR) is 70.5 cm³/mol. The maximum atomic E-state index is 12.2. The van der Waals surface area contributed by atoms with E-state index in [2.05, 4.69) is 10.3 Å². The highest BCUT2D eigenvalue weighted by Crippen LogP contribution is 2.39. The lowest BCUT2D eigenvalue weighted by Gasteiger charge is -2.45. The van der Waals surface area contributed by atoms with E-state index in [1.54, 1.807) is 6.92 Å². The van der Waals surface area contributed by atoms with Crippen LogP contribution in [0, 0.1) is 18.8 Å². The van der Waals surface area contributed by atoms with Gasteiger partial charge in [-0.25, -0.2) is 4.98 Å². The van der Waals surface area contributed by atoms with Crippen LogP contribution >= 0.6 is 0 Å². The fourth-order valence-electron chi connectivity index (χ4n) is 3.76. The van der Waals surface area contributed by atoms with Gasteiger partial charge in [0.15, 0.2) is 6.39 Å². The molecule has 19 heavy (non-hydrogen) atoms. The molecule has 2 saturated carbocycles. The number of aryl methyl sites for hydroxylation is 1. The molecule has 1 aromatic heterocycles. The summed E-state index contributed by atoms with van der Waals surface area (Å²) in [5.41, 5.74) is 6.74. The van der Waals surface area contributed by atoms with Gasteiger partial charge in [-0.2, -0.15) is 0 Å². The molecule has 2 unspecified atom stereocenters. The molecule has 2 aliphatic carbocycles. The molecule has 0 radical (unpaired) electrons. The molecule has 1 heterocycles. The van der Waals surface area contributed by atoms with E-state index in [4.69, 9.17) is 10.2 Å². The molecule has 1 aromatic rings. The van der Waals surface area contributed by atoms with E-state index in [1.165, 1.54) is 25.7 Å². The molecule has 2 aliphatic rings. The molecule has 0 saturated heterocycles. The molecule has 5 heteroatoms. The Balaban J connectivity index is 1.72. The van der Waals surface area contributed by atoms with Crippen LogP contribution in [-0.2, 0) is 0 Å². The molecule has 0 aliphatic heterocycles. The summed E-state index contributed by atoms with van der Waals surface area (Å²) in [7, 11) is 0. The molecule has 5 nitrogen and oxygen atoms in total. The predicted octanol–water partition coefficient (Wildman–Crippen LogP) is 1.62. The first-order valence-electron chi connectivity index (χ1n) is 7.11. The highest BCUT2D eigenvalue weighted by atomic mass is 16.3. The zero-order chi connectivity index (χ0) is 13.4. The zero-order valence-electron chi connectivity index (χ0n) is 11.3. The topological polar surface area (TPSA) is 81.2 Å². The number of hydrogen-bond donors (Lipinski definition) is 2. The quantitative estimate of drug-likeness (QED) is 0.849. The monoisotopic (exact) mass is 263 g/mol. The molecule has 3 rings (SSSR count). The van der Waals surface area contributed by atoms with Gasteiger partial charge in [-0.15, -0.1) is 0 Å². The van der Waals surface area contributed by atoms with Crippen LogP contribution in [-0.4, -0.2) is 23.0 Å². The summed E-state index contributed by atoms with van der Waals surface area (Å²) < 4.78 is 5.16. The van der Waals surface area contributed by atoms with Gasteiger partial charge in [-0.3, -0.25) is 4.79 Å².